The number of aryl methyl sites for hydroxylation is 2. The number of thiazole rings is 1. The lowest BCUT2D eigenvalue weighted by molar-refractivity contribution is 0.0702. The minimum Gasteiger partial charge on any atom is -0.360 e. The van der Waals surface area contributed by atoms with Crippen LogP contribution in [0.15, 0.2) is 33.1 Å². The van der Waals surface area contributed by atoms with E-state index in [2.05, 4.69) is 10.1 Å². The SMILES string of the molecule is Cc1noc(C)c1S(=O)(=O)N1CCN(C(=O)c2cnc(-c3cccs3)s2)CC1. The molecule has 3 aromatic heterocycles. The number of nitrogens with zero attached hydrogens (tertiary/aromatic N) is 4. The van der Waals surface area contributed by atoms with Gasteiger partial charge in [0.15, 0.2) is 5.76 Å². The van der Waals surface area contributed by atoms with E-state index in [1.807, 2.05) is 17.5 Å². The highest BCUT2D eigenvalue weighted by molar-refractivity contribution is 7.89. The molecule has 0 unspecified atom stereocenters. The number of piperazine rings is 1. The lowest BCUT2D eigenvalue weighted by Crippen LogP contribution is -2.50. The van der Waals surface area contributed by atoms with Gasteiger partial charge in [0, 0.05) is 26.2 Å². The van der Waals surface area contributed by atoms with E-state index in [0.717, 1.165) is 9.88 Å². The molecule has 0 radical (unpaired) electrons. The smallest absolute Gasteiger partial charge is 0.265 e. The van der Waals surface area contributed by atoms with Crippen molar-refractivity contribution in [1.29, 1.82) is 0 Å². The summed E-state index contributed by atoms with van der Waals surface area (Å²) in [4.78, 5) is 20.5. The number of amides is 1. The standard InChI is InChI=1S/C17H18N4O4S3/c1-11-15(12(2)25-19-11)28(23,24)21-7-5-20(6-8-21)17(22)14-10-18-16(27-14)13-4-3-9-26-13/h3-4,9-10H,5-8H2,1-2H3. The second-order valence-corrected chi connectivity index (χ2v) is 10.2. The van der Waals surface area contributed by atoms with E-state index in [4.69, 9.17) is 4.52 Å². The molecule has 3 aromatic rings. The quantitative estimate of drug-likeness (QED) is 0.621. The molecule has 11 heteroatoms. The summed E-state index contributed by atoms with van der Waals surface area (Å²) in [6.45, 7) is 4.31. The Morgan fingerprint density at radius 1 is 1.21 bits per heavy atom. The van der Waals surface area contributed by atoms with Crippen LogP contribution in [0.25, 0.3) is 9.88 Å². The van der Waals surface area contributed by atoms with Crippen molar-refractivity contribution in [3.8, 4) is 9.88 Å². The third kappa shape index (κ3) is 3.39. The van der Waals surface area contributed by atoms with Crippen molar-refractivity contribution in [1.82, 2.24) is 19.3 Å². The van der Waals surface area contributed by atoms with Crippen LogP contribution in [0.4, 0.5) is 0 Å². The fourth-order valence-corrected chi connectivity index (χ4v) is 6.55. The number of carbonyl (C=O) groups excluding carboxylic acids is 1. The fraction of sp³-hybridized carbons (Fsp3) is 0.353. The van der Waals surface area contributed by atoms with E-state index in [9.17, 15) is 13.2 Å². The number of thiophene rings is 1. The third-order valence-electron chi connectivity index (χ3n) is 4.54. The van der Waals surface area contributed by atoms with Crippen LogP contribution < -0.4 is 0 Å². The summed E-state index contributed by atoms with van der Waals surface area (Å²) in [5.74, 6) is 0.163. The molecule has 1 aliphatic rings. The highest BCUT2D eigenvalue weighted by Gasteiger charge is 2.34. The van der Waals surface area contributed by atoms with Gasteiger partial charge in [0.2, 0.25) is 10.0 Å². The molecule has 4 heterocycles. The first kappa shape index (κ1) is 19.2. The summed E-state index contributed by atoms with van der Waals surface area (Å²) >= 11 is 2.93. The van der Waals surface area contributed by atoms with E-state index in [-0.39, 0.29) is 29.7 Å². The molecule has 0 aromatic carbocycles. The van der Waals surface area contributed by atoms with Crippen LogP contribution in [0, 0.1) is 13.8 Å². The van der Waals surface area contributed by atoms with Gasteiger partial charge in [-0.1, -0.05) is 11.2 Å². The van der Waals surface area contributed by atoms with Crippen molar-refractivity contribution < 1.29 is 17.7 Å². The highest BCUT2D eigenvalue weighted by atomic mass is 32.2. The molecule has 0 atom stereocenters. The van der Waals surface area contributed by atoms with Crippen LogP contribution in [0.1, 0.15) is 21.1 Å². The van der Waals surface area contributed by atoms with Crippen LogP contribution in [0.5, 0.6) is 0 Å². The molecular weight excluding hydrogens is 420 g/mol. The number of carbonyl (C=O) groups is 1. The Balaban J connectivity index is 1.45. The van der Waals surface area contributed by atoms with Crippen molar-refractivity contribution in [2.45, 2.75) is 18.7 Å². The summed E-state index contributed by atoms with van der Waals surface area (Å²) in [5, 5.41) is 6.52. The number of hydrogen-bond acceptors (Lipinski definition) is 8. The Hall–Kier alpha value is -2.08. The van der Waals surface area contributed by atoms with Crippen molar-refractivity contribution in [2.75, 3.05) is 26.2 Å². The molecule has 1 fully saturated rings. The average molecular weight is 439 g/mol. The summed E-state index contributed by atoms with van der Waals surface area (Å²) in [5.41, 5.74) is 0.349. The molecule has 148 valence electrons. The first-order chi connectivity index (χ1) is 13.4. The maximum absolute atomic E-state index is 12.9. The molecule has 0 saturated carbocycles. The van der Waals surface area contributed by atoms with E-state index >= 15 is 0 Å². The Labute approximate surface area is 170 Å². The van der Waals surface area contributed by atoms with Gasteiger partial charge < -0.3 is 9.42 Å². The molecule has 0 bridgehead atoms. The molecule has 1 amide bonds. The summed E-state index contributed by atoms with van der Waals surface area (Å²) in [6.07, 6.45) is 1.59. The van der Waals surface area contributed by atoms with Gasteiger partial charge in [-0.3, -0.25) is 4.79 Å². The molecule has 1 saturated heterocycles. The summed E-state index contributed by atoms with van der Waals surface area (Å²) in [7, 11) is -3.69. The van der Waals surface area contributed by atoms with Crippen LogP contribution in [0.2, 0.25) is 0 Å². The number of hydrogen-bond donors (Lipinski definition) is 0. The Bertz CT molecular complexity index is 1070. The first-order valence-corrected chi connectivity index (χ1v) is 11.7. The van der Waals surface area contributed by atoms with Crippen molar-refractivity contribution >= 4 is 38.6 Å². The zero-order valence-electron chi connectivity index (χ0n) is 15.3. The van der Waals surface area contributed by atoms with Gasteiger partial charge in [0.05, 0.1) is 11.1 Å². The molecule has 4 rings (SSSR count). The van der Waals surface area contributed by atoms with Gasteiger partial charge in [0.25, 0.3) is 5.91 Å². The molecule has 0 aliphatic carbocycles. The largest absolute Gasteiger partial charge is 0.360 e. The molecular formula is C17H18N4O4S3. The predicted molar refractivity (Wildman–Crippen MR) is 106 cm³/mol. The Morgan fingerprint density at radius 2 is 1.96 bits per heavy atom. The van der Waals surface area contributed by atoms with Crippen LogP contribution in [-0.2, 0) is 10.0 Å². The predicted octanol–water partition coefficient (Wildman–Crippen LogP) is 2.62. The van der Waals surface area contributed by atoms with Gasteiger partial charge in [0.1, 0.15) is 20.5 Å². The minimum atomic E-state index is -3.69. The van der Waals surface area contributed by atoms with Gasteiger partial charge in [-0.25, -0.2) is 13.4 Å². The molecule has 8 nitrogen and oxygen atoms in total. The Morgan fingerprint density at radius 3 is 2.57 bits per heavy atom. The molecule has 0 N–H and O–H groups in total. The van der Waals surface area contributed by atoms with Crippen molar-refractivity contribution in [2.24, 2.45) is 0 Å². The van der Waals surface area contributed by atoms with E-state index in [1.54, 1.807) is 36.3 Å². The minimum absolute atomic E-state index is 0.116. The average Bonchev–Trinajstić information content (AvgIpc) is 3.42. The second-order valence-electron chi connectivity index (χ2n) is 6.36. The van der Waals surface area contributed by atoms with Gasteiger partial charge in [-0.2, -0.15) is 4.31 Å². The van der Waals surface area contributed by atoms with E-state index in [1.165, 1.54) is 15.6 Å². The molecule has 28 heavy (non-hydrogen) atoms. The fourth-order valence-electron chi connectivity index (χ4n) is 3.15. The van der Waals surface area contributed by atoms with Crippen LogP contribution >= 0.6 is 22.7 Å². The van der Waals surface area contributed by atoms with Gasteiger partial charge in [-0.15, -0.1) is 22.7 Å². The van der Waals surface area contributed by atoms with Crippen molar-refractivity contribution in [3.63, 3.8) is 0 Å². The van der Waals surface area contributed by atoms with Crippen molar-refractivity contribution in [3.05, 3.63) is 40.0 Å². The number of aromatic nitrogens is 2. The molecule has 0 spiro atoms. The number of sulfonamides is 1. The van der Waals surface area contributed by atoms with Gasteiger partial charge in [-0.05, 0) is 25.3 Å². The number of rotatable bonds is 4. The molecule has 1 aliphatic heterocycles. The summed E-state index contributed by atoms with van der Waals surface area (Å²) < 4.78 is 32.2. The maximum atomic E-state index is 12.9. The zero-order chi connectivity index (χ0) is 19.9. The first-order valence-electron chi connectivity index (χ1n) is 8.60. The Kier molecular flexibility index (Phi) is 5.08. The second kappa shape index (κ2) is 7.39. The monoisotopic (exact) mass is 438 g/mol. The maximum Gasteiger partial charge on any atom is 0.265 e. The highest BCUT2D eigenvalue weighted by Crippen LogP contribution is 2.30. The lowest BCUT2D eigenvalue weighted by Gasteiger charge is -2.33. The third-order valence-corrected chi connectivity index (χ3v) is 8.71. The summed E-state index contributed by atoms with van der Waals surface area (Å²) in [6, 6.07) is 3.91. The van der Waals surface area contributed by atoms with E-state index < -0.39 is 10.0 Å². The lowest BCUT2D eigenvalue weighted by atomic mass is 10.3. The zero-order valence-corrected chi connectivity index (χ0v) is 17.7. The normalized spacial score (nSPS) is 15.9. The van der Waals surface area contributed by atoms with Gasteiger partial charge >= 0.3 is 0 Å². The van der Waals surface area contributed by atoms with Crippen LogP contribution in [0.3, 0.4) is 0 Å². The topological polar surface area (TPSA) is 96.6 Å². The van der Waals surface area contributed by atoms with Crippen LogP contribution in [-0.4, -0.2) is 59.8 Å². The van der Waals surface area contributed by atoms with E-state index in [0.29, 0.717) is 23.7 Å².